The Hall–Kier alpha value is -2.76. The Labute approximate surface area is 142 Å². The van der Waals surface area contributed by atoms with Crippen LogP contribution in [0.1, 0.15) is 18.2 Å². The van der Waals surface area contributed by atoms with E-state index in [1.165, 1.54) is 0 Å². The van der Waals surface area contributed by atoms with Gasteiger partial charge in [0, 0.05) is 18.3 Å². The molecule has 0 saturated carbocycles. The summed E-state index contributed by atoms with van der Waals surface area (Å²) in [5, 5.41) is 6.51. The lowest BCUT2D eigenvalue weighted by Gasteiger charge is -2.13. The molecule has 1 aromatic carbocycles. The summed E-state index contributed by atoms with van der Waals surface area (Å²) in [5.74, 6) is 2.15. The minimum Gasteiger partial charge on any atom is -0.493 e. The van der Waals surface area contributed by atoms with E-state index in [2.05, 4.69) is 20.6 Å². The van der Waals surface area contributed by atoms with Gasteiger partial charge in [-0.15, -0.1) is 0 Å². The smallest absolute Gasteiger partial charge is 0.191 e. The van der Waals surface area contributed by atoms with E-state index in [0.29, 0.717) is 24.6 Å². The molecule has 128 valence electrons. The van der Waals surface area contributed by atoms with Gasteiger partial charge in [-0.25, -0.2) is 4.99 Å². The van der Waals surface area contributed by atoms with Gasteiger partial charge in [0.05, 0.1) is 33.0 Å². The first-order chi connectivity index (χ1) is 11.8. The standard InChI is InChI=1S/C18H24N4O2/c1-4-19-18(22-13-15-9-5-6-11-20-15)21-12-14-8-7-10-16(23-2)17(14)24-3/h5-11H,4,12-13H2,1-3H3,(H2,19,21,22). The predicted molar refractivity (Wildman–Crippen MR) is 95.4 cm³/mol. The van der Waals surface area contributed by atoms with Crippen LogP contribution in [0.3, 0.4) is 0 Å². The average Bonchev–Trinajstić information content (AvgIpc) is 2.64. The Morgan fingerprint density at radius 3 is 2.62 bits per heavy atom. The summed E-state index contributed by atoms with van der Waals surface area (Å²) in [6.45, 7) is 3.91. The van der Waals surface area contributed by atoms with Crippen molar-refractivity contribution >= 4 is 5.96 Å². The number of nitrogens with one attached hydrogen (secondary N) is 2. The molecular formula is C18H24N4O2. The van der Waals surface area contributed by atoms with Crippen LogP contribution >= 0.6 is 0 Å². The third kappa shape index (κ3) is 4.87. The van der Waals surface area contributed by atoms with Gasteiger partial charge in [0.15, 0.2) is 17.5 Å². The van der Waals surface area contributed by atoms with Crippen molar-refractivity contribution in [3.63, 3.8) is 0 Å². The van der Waals surface area contributed by atoms with Crippen molar-refractivity contribution in [3.05, 3.63) is 53.9 Å². The van der Waals surface area contributed by atoms with Crippen LogP contribution in [-0.2, 0) is 13.1 Å². The van der Waals surface area contributed by atoms with Gasteiger partial charge in [-0.3, -0.25) is 4.98 Å². The molecule has 0 bridgehead atoms. The monoisotopic (exact) mass is 328 g/mol. The number of para-hydroxylation sites is 1. The SMILES string of the molecule is CCNC(=NCc1cccc(OC)c1OC)NCc1ccccn1. The van der Waals surface area contributed by atoms with Gasteiger partial charge in [0.25, 0.3) is 0 Å². The van der Waals surface area contributed by atoms with E-state index >= 15 is 0 Å². The van der Waals surface area contributed by atoms with E-state index in [9.17, 15) is 0 Å². The van der Waals surface area contributed by atoms with Gasteiger partial charge in [0.1, 0.15) is 0 Å². The summed E-state index contributed by atoms with van der Waals surface area (Å²) in [6.07, 6.45) is 1.78. The van der Waals surface area contributed by atoms with Crippen molar-refractivity contribution in [3.8, 4) is 11.5 Å². The number of guanidine groups is 1. The van der Waals surface area contributed by atoms with E-state index < -0.39 is 0 Å². The summed E-state index contributed by atoms with van der Waals surface area (Å²) in [4.78, 5) is 8.91. The second-order valence-electron chi connectivity index (χ2n) is 5.02. The molecule has 24 heavy (non-hydrogen) atoms. The molecule has 0 amide bonds. The molecule has 0 fully saturated rings. The maximum Gasteiger partial charge on any atom is 0.191 e. The summed E-state index contributed by atoms with van der Waals surface area (Å²) in [5.41, 5.74) is 1.92. The van der Waals surface area contributed by atoms with Crippen LogP contribution in [0.15, 0.2) is 47.6 Å². The molecule has 2 rings (SSSR count). The molecule has 0 aliphatic rings. The number of nitrogens with zero attached hydrogens (tertiary/aromatic N) is 2. The highest BCUT2D eigenvalue weighted by molar-refractivity contribution is 5.79. The van der Waals surface area contributed by atoms with Crippen molar-refractivity contribution in [1.82, 2.24) is 15.6 Å². The fourth-order valence-corrected chi connectivity index (χ4v) is 2.26. The fraction of sp³-hybridized carbons (Fsp3) is 0.333. The molecule has 0 aliphatic heterocycles. The largest absolute Gasteiger partial charge is 0.493 e. The molecular weight excluding hydrogens is 304 g/mol. The molecule has 0 radical (unpaired) electrons. The molecule has 0 saturated heterocycles. The number of rotatable bonds is 7. The highest BCUT2D eigenvalue weighted by Crippen LogP contribution is 2.30. The molecule has 6 heteroatoms. The van der Waals surface area contributed by atoms with E-state index in [0.717, 1.165) is 23.8 Å². The Morgan fingerprint density at radius 2 is 1.96 bits per heavy atom. The topological polar surface area (TPSA) is 67.8 Å². The van der Waals surface area contributed by atoms with Gasteiger partial charge < -0.3 is 20.1 Å². The van der Waals surface area contributed by atoms with Crippen LogP contribution in [0.5, 0.6) is 11.5 Å². The lowest BCUT2D eigenvalue weighted by molar-refractivity contribution is 0.352. The predicted octanol–water partition coefficient (Wildman–Crippen LogP) is 2.35. The Balaban J connectivity index is 2.08. The zero-order valence-electron chi connectivity index (χ0n) is 14.4. The molecule has 0 unspecified atom stereocenters. The number of methoxy groups -OCH3 is 2. The minimum absolute atomic E-state index is 0.484. The second kappa shape index (κ2) is 9.39. The number of ether oxygens (including phenoxy) is 2. The summed E-state index contributed by atoms with van der Waals surface area (Å²) in [6, 6.07) is 11.6. The van der Waals surface area contributed by atoms with Crippen LogP contribution in [0.2, 0.25) is 0 Å². The van der Waals surface area contributed by atoms with E-state index in [1.807, 2.05) is 43.3 Å². The zero-order chi connectivity index (χ0) is 17.2. The zero-order valence-corrected chi connectivity index (χ0v) is 14.4. The normalized spacial score (nSPS) is 11.0. The molecule has 0 atom stereocenters. The number of aromatic nitrogens is 1. The molecule has 2 N–H and O–H groups in total. The quantitative estimate of drug-likeness (QED) is 0.603. The van der Waals surface area contributed by atoms with Gasteiger partial charge in [-0.2, -0.15) is 0 Å². The summed E-state index contributed by atoms with van der Waals surface area (Å²) in [7, 11) is 3.26. The van der Waals surface area contributed by atoms with Crippen LogP contribution in [0, 0.1) is 0 Å². The van der Waals surface area contributed by atoms with Crippen molar-refractivity contribution in [2.75, 3.05) is 20.8 Å². The number of benzene rings is 1. The Kier molecular flexibility index (Phi) is 6.89. The van der Waals surface area contributed by atoms with Crippen molar-refractivity contribution in [1.29, 1.82) is 0 Å². The highest BCUT2D eigenvalue weighted by Gasteiger charge is 2.09. The first-order valence-electron chi connectivity index (χ1n) is 7.90. The molecule has 0 spiro atoms. The number of aliphatic imine (C=N–C) groups is 1. The Morgan fingerprint density at radius 1 is 1.08 bits per heavy atom. The first kappa shape index (κ1) is 17.6. The van der Waals surface area contributed by atoms with Crippen LogP contribution in [-0.4, -0.2) is 31.7 Å². The molecule has 1 aromatic heterocycles. The van der Waals surface area contributed by atoms with Crippen LogP contribution < -0.4 is 20.1 Å². The van der Waals surface area contributed by atoms with E-state index in [-0.39, 0.29) is 0 Å². The fourth-order valence-electron chi connectivity index (χ4n) is 2.26. The van der Waals surface area contributed by atoms with E-state index in [1.54, 1.807) is 20.4 Å². The van der Waals surface area contributed by atoms with Crippen molar-refractivity contribution in [2.24, 2.45) is 4.99 Å². The maximum absolute atomic E-state index is 5.44. The third-order valence-corrected chi connectivity index (χ3v) is 3.40. The minimum atomic E-state index is 0.484. The van der Waals surface area contributed by atoms with Crippen LogP contribution in [0.25, 0.3) is 0 Å². The summed E-state index contributed by atoms with van der Waals surface area (Å²) < 4.78 is 10.8. The number of hydrogen-bond donors (Lipinski definition) is 2. The van der Waals surface area contributed by atoms with Gasteiger partial charge in [-0.05, 0) is 25.1 Å². The number of hydrogen-bond acceptors (Lipinski definition) is 4. The number of pyridine rings is 1. The van der Waals surface area contributed by atoms with E-state index in [4.69, 9.17) is 9.47 Å². The lowest BCUT2D eigenvalue weighted by atomic mass is 10.2. The highest BCUT2D eigenvalue weighted by atomic mass is 16.5. The molecule has 6 nitrogen and oxygen atoms in total. The van der Waals surface area contributed by atoms with Crippen molar-refractivity contribution in [2.45, 2.75) is 20.0 Å². The Bertz CT molecular complexity index is 659. The first-order valence-corrected chi connectivity index (χ1v) is 7.90. The van der Waals surface area contributed by atoms with Gasteiger partial charge in [0.2, 0.25) is 0 Å². The molecule has 1 heterocycles. The van der Waals surface area contributed by atoms with Gasteiger partial charge >= 0.3 is 0 Å². The van der Waals surface area contributed by atoms with Crippen molar-refractivity contribution < 1.29 is 9.47 Å². The lowest BCUT2D eigenvalue weighted by Crippen LogP contribution is -2.37. The maximum atomic E-state index is 5.44. The molecule has 2 aromatic rings. The summed E-state index contributed by atoms with van der Waals surface area (Å²) >= 11 is 0. The molecule has 0 aliphatic carbocycles. The van der Waals surface area contributed by atoms with Crippen LogP contribution in [0.4, 0.5) is 0 Å². The average molecular weight is 328 g/mol. The third-order valence-electron chi connectivity index (χ3n) is 3.40. The second-order valence-corrected chi connectivity index (χ2v) is 5.02. The van der Waals surface area contributed by atoms with Gasteiger partial charge in [-0.1, -0.05) is 18.2 Å².